The lowest BCUT2D eigenvalue weighted by molar-refractivity contribution is -0.139. The number of ether oxygens (including phenoxy) is 2. The van der Waals surface area contributed by atoms with Gasteiger partial charge in [-0.3, -0.25) is 9.69 Å². The predicted octanol–water partition coefficient (Wildman–Crippen LogP) is 2.50. The van der Waals surface area contributed by atoms with Crippen LogP contribution in [-0.4, -0.2) is 37.3 Å². The van der Waals surface area contributed by atoms with Crippen molar-refractivity contribution in [3.63, 3.8) is 0 Å². The van der Waals surface area contributed by atoms with Crippen LogP contribution in [0.15, 0.2) is 48.5 Å². The van der Waals surface area contributed by atoms with Crippen LogP contribution in [0.5, 0.6) is 5.75 Å². The number of nitrogens with zero attached hydrogens (tertiary/aromatic N) is 1. The molecule has 1 heterocycles. The van der Waals surface area contributed by atoms with Crippen LogP contribution >= 0.6 is 0 Å². The third-order valence-corrected chi connectivity index (χ3v) is 4.15. The van der Waals surface area contributed by atoms with Crippen LogP contribution in [0.4, 0.5) is 5.69 Å². The first-order chi connectivity index (χ1) is 11.6. The van der Waals surface area contributed by atoms with E-state index in [4.69, 9.17) is 14.6 Å². The molecule has 24 heavy (non-hydrogen) atoms. The number of anilines is 1. The molecule has 1 aliphatic heterocycles. The topological polar surface area (TPSA) is 76.1 Å². The van der Waals surface area contributed by atoms with Gasteiger partial charge in [-0.05, 0) is 42.0 Å². The van der Waals surface area contributed by atoms with Gasteiger partial charge in [0.05, 0.1) is 18.7 Å². The Balaban J connectivity index is 1.92. The monoisotopic (exact) mass is 327 g/mol. The van der Waals surface area contributed by atoms with E-state index in [1.54, 1.807) is 24.1 Å². The number of rotatable bonds is 5. The maximum absolute atomic E-state index is 12.4. The number of hydrogen-bond donors (Lipinski definition) is 1. The molecule has 1 aliphatic rings. The van der Waals surface area contributed by atoms with Gasteiger partial charge in [-0.25, -0.2) is 4.79 Å². The molecular weight excluding hydrogens is 310 g/mol. The quantitative estimate of drug-likeness (QED) is 0.854. The highest BCUT2D eigenvalue weighted by Crippen LogP contribution is 2.41. The summed E-state index contributed by atoms with van der Waals surface area (Å²) in [6.45, 7) is 0. The number of carboxylic acid groups (broad SMARTS) is 1. The highest BCUT2D eigenvalue weighted by atomic mass is 16.5. The van der Waals surface area contributed by atoms with Crippen molar-refractivity contribution < 1.29 is 24.2 Å². The Hall–Kier alpha value is -2.86. The van der Waals surface area contributed by atoms with Crippen molar-refractivity contribution in [2.45, 2.75) is 12.1 Å². The Bertz CT molecular complexity index is 754. The first-order valence-corrected chi connectivity index (χ1v) is 7.40. The lowest BCUT2D eigenvalue weighted by Crippen LogP contribution is -2.60. The first-order valence-electron chi connectivity index (χ1n) is 7.40. The van der Waals surface area contributed by atoms with Gasteiger partial charge in [0.2, 0.25) is 0 Å². The summed E-state index contributed by atoms with van der Waals surface area (Å²) in [6.07, 6.45) is -0.558. The second-order valence-electron chi connectivity index (χ2n) is 5.43. The van der Waals surface area contributed by atoms with Gasteiger partial charge in [-0.2, -0.15) is 0 Å². The van der Waals surface area contributed by atoms with E-state index < -0.39 is 12.1 Å². The zero-order valence-electron chi connectivity index (χ0n) is 13.3. The standard InChI is InChI=1S/C18H17NO5/c1-23-14-9-5-11(6-10-14)15-16(24-2)17(20)19(15)13-7-3-12(4-8-13)18(21)22/h3-10,15-16H,1-2H3,(H,21,22). The van der Waals surface area contributed by atoms with E-state index in [2.05, 4.69) is 0 Å². The van der Waals surface area contributed by atoms with Crippen molar-refractivity contribution in [1.29, 1.82) is 0 Å². The maximum atomic E-state index is 12.4. The fourth-order valence-corrected chi connectivity index (χ4v) is 2.87. The maximum Gasteiger partial charge on any atom is 0.335 e. The summed E-state index contributed by atoms with van der Waals surface area (Å²) in [4.78, 5) is 25.0. The second kappa shape index (κ2) is 6.33. The van der Waals surface area contributed by atoms with Gasteiger partial charge in [0.15, 0.2) is 6.10 Å². The summed E-state index contributed by atoms with van der Waals surface area (Å²) in [7, 11) is 3.10. The minimum atomic E-state index is -1.00. The van der Waals surface area contributed by atoms with Gasteiger partial charge in [-0.1, -0.05) is 12.1 Å². The van der Waals surface area contributed by atoms with Crippen LogP contribution in [0.3, 0.4) is 0 Å². The smallest absolute Gasteiger partial charge is 0.335 e. The van der Waals surface area contributed by atoms with Gasteiger partial charge in [0.1, 0.15) is 5.75 Å². The number of methoxy groups -OCH3 is 2. The Morgan fingerprint density at radius 3 is 2.17 bits per heavy atom. The summed E-state index contributed by atoms with van der Waals surface area (Å²) in [6, 6.07) is 13.4. The van der Waals surface area contributed by atoms with Gasteiger partial charge < -0.3 is 14.6 Å². The summed E-state index contributed by atoms with van der Waals surface area (Å²) in [5.41, 5.74) is 1.74. The first kappa shape index (κ1) is 16.0. The summed E-state index contributed by atoms with van der Waals surface area (Å²) in [5, 5.41) is 8.98. The Morgan fingerprint density at radius 2 is 1.67 bits per heavy atom. The van der Waals surface area contributed by atoms with Crippen molar-refractivity contribution in [3.05, 3.63) is 59.7 Å². The van der Waals surface area contributed by atoms with E-state index in [0.29, 0.717) is 5.69 Å². The lowest BCUT2D eigenvalue weighted by atomic mass is 9.89. The number of hydrogen-bond acceptors (Lipinski definition) is 4. The molecule has 2 atom stereocenters. The van der Waals surface area contributed by atoms with Crippen LogP contribution in [-0.2, 0) is 9.53 Å². The molecule has 124 valence electrons. The van der Waals surface area contributed by atoms with Gasteiger partial charge >= 0.3 is 5.97 Å². The highest BCUT2D eigenvalue weighted by Gasteiger charge is 2.49. The normalized spacial score (nSPS) is 19.8. The zero-order chi connectivity index (χ0) is 17.3. The number of carboxylic acids is 1. The number of carbonyl (C=O) groups is 2. The number of amides is 1. The lowest BCUT2D eigenvalue weighted by Gasteiger charge is -2.46. The van der Waals surface area contributed by atoms with Crippen LogP contribution in [0, 0.1) is 0 Å². The fraction of sp³-hybridized carbons (Fsp3) is 0.222. The largest absolute Gasteiger partial charge is 0.497 e. The van der Waals surface area contributed by atoms with E-state index in [1.807, 2.05) is 24.3 Å². The van der Waals surface area contributed by atoms with Crippen LogP contribution in [0.25, 0.3) is 0 Å². The van der Waals surface area contributed by atoms with E-state index in [-0.39, 0.29) is 17.5 Å². The average molecular weight is 327 g/mol. The molecule has 3 rings (SSSR count). The molecule has 1 fully saturated rings. The van der Waals surface area contributed by atoms with Crippen molar-refractivity contribution >= 4 is 17.6 Å². The number of carbonyl (C=O) groups excluding carboxylic acids is 1. The molecule has 0 radical (unpaired) electrons. The molecule has 1 amide bonds. The van der Waals surface area contributed by atoms with Gasteiger partial charge in [0.25, 0.3) is 5.91 Å². The van der Waals surface area contributed by atoms with Crippen molar-refractivity contribution in [2.75, 3.05) is 19.1 Å². The molecular formula is C18H17NO5. The minimum Gasteiger partial charge on any atom is -0.497 e. The Labute approximate surface area is 139 Å². The Morgan fingerprint density at radius 1 is 1.04 bits per heavy atom. The van der Waals surface area contributed by atoms with Gasteiger partial charge in [-0.15, -0.1) is 0 Å². The third-order valence-electron chi connectivity index (χ3n) is 4.15. The summed E-state index contributed by atoms with van der Waals surface area (Å²) in [5.74, 6) is -0.421. The SMILES string of the molecule is COc1ccc(C2C(OC)C(=O)N2c2ccc(C(=O)O)cc2)cc1. The number of aromatic carboxylic acids is 1. The van der Waals surface area contributed by atoms with Crippen molar-refractivity contribution in [3.8, 4) is 5.75 Å². The summed E-state index contributed by atoms with van der Waals surface area (Å²) >= 11 is 0. The van der Waals surface area contributed by atoms with Crippen molar-refractivity contribution in [2.24, 2.45) is 0 Å². The molecule has 2 unspecified atom stereocenters. The average Bonchev–Trinajstić information content (AvgIpc) is 2.60. The summed E-state index contributed by atoms with van der Waals surface area (Å²) < 4.78 is 10.5. The Kier molecular flexibility index (Phi) is 4.22. The highest BCUT2D eigenvalue weighted by molar-refractivity contribution is 6.05. The second-order valence-corrected chi connectivity index (χ2v) is 5.43. The molecule has 6 nitrogen and oxygen atoms in total. The van der Waals surface area contributed by atoms with E-state index in [1.165, 1.54) is 19.2 Å². The van der Waals surface area contributed by atoms with E-state index >= 15 is 0 Å². The van der Waals surface area contributed by atoms with E-state index in [0.717, 1.165) is 11.3 Å². The van der Waals surface area contributed by atoms with Crippen LogP contribution < -0.4 is 9.64 Å². The minimum absolute atomic E-state index is 0.151. The van der Waals surface area contributed by atoms with Crippen molar-refractivity contribution in [1.82, 2.24) is 0 Å². The number of β-lactam (4-membered cyclic amide) rings is 1. The number of benzene rings is 2. The van der Waals surface area contributed by atoms with E-state index in [9.17, 15) is 9.59 Å². The molecule has 0 spiro atoms. The molecule has 1 N–H and O–H groups in total. The molecule has 0 aliphatic carbocycles. The molecule has 0 bridgehead atoms. The van der Waals surface area contributed by atoms with Gasteiger partial charge in [0, 0.05) is 12.8 Å². The molecule has 0 saturated carbocycles. The molecule has 1 saturated heterocycles. The molecule has 6 heteroatoms. The molecule has 0 aromatic heterocycles. The molecule has 2 aromatic carbocycles. The molecule has 2 aromatic rings. The van der Waals surface area contributed by atoms with Crippen LogP contribution in [0.2, 0.25) is 0 Å². The fourth-order valence-electron chi connectivity index (χ4n) is 2.87. The predicted molar refractivity (Wildman–Crippen MR) is 87.4 cm³/mol. The zero-order valence-corrected chi connectivity index (χ0v) is 13.3. The van der Waals surface area contributed by atoms with Crippen LogP contribution in [0.1, 0.15) is 22.0 Å². The third kappa shape index (κ3) is 2.61.